The summed E-state index contributed by atoms with van der Waals surface area (Å²) in [5.41, 5.74) is 1.85. The predicted octanol–water partition coefficient (Wildman–Crippen LogP) is 5.67. The Labute approximate surface area is 195 Å². The van der Waals surface area contributed by atoms with Gasteiger partial charge < -0.3 is 9.73 Å². The van der Waals surface area contributed by atoms with Crippen LogP contribution in [0.15, 0.2) is 68.8 Å². The van der Waals surface area contributed by atoms with Gasteiger partial charge in [0.2, 0.25) is 5.91 Å². The van der Waals surface area contributed by atoms with Gasteiger partial charge in [0, 0.05) is 16.1 Å². The molecular weight excluding hydrogens is 502 g/mol. The Morgan fingerprint density at radius 2 is 2.03 bits per heavy atom. The highest BCUT2D eigenvalue weighted by Crippen LogP contribution is 2.29. The molecule has 0 saturated carbocycles. The van der Waals surface area contributed by atoms with Gasteiger partial charge in [0.05, 0.1) is 24.2 Å². The fraction of sp³-hybridized carbons (Fsp3) is 0.136. The van der Waals surface area contributed by atoms with Gasteiger partial charge in [-0.15, -0.1) is 10.2 Å². The van der Waals surface area contributed by atoms with Gasteiger partial charge in [-0.1, -0.05) is 35.5 Å². The third-order valence-corrected chi connectivity index (χ3v) is 6.08. The molecule has 10 heteroatoms. The van der Waals surface area contributed by atoms with Crippen LogP contribution in [-0.2, 0) is 11.3 Å². The van der Waals surface area contributed by atoms with Gasteiger partial charge in [0.25, 0.3) is 0 Å². The zero-order valence-electron chi connectivity index (χ0n) is 16.8. The SMILES string of the molecule is Cc1cccc(-c2nnc(SCC(=O)Nc3c(F)cc(F)cc3Br)n2Cc2ccco2)c1. The molecule has 0 bridgehead atoms. The molecule has 2 heterocycles. The number of hydrogen-bond donors (Lipinski definition) is 1. The van der Waals surface area contributed by atoms with Crippen molar-refractivity contribution in [3.63, 3.8) is 0 Å². The summed E-state index contributed by atoms with van der Waals surface area (Å²) < 4.78 is 34.7. The van der Waals surface area contributed by atoms with Crippen LogP contribution in [0.25, 0.3) is 11.4 Å². The van der Waals surface area contributed by atoms with E-state index in [4.69, 9.17) is 4.42 Å². The summed E-state index contributed by atoms with van der Waals surface area (Å²) in [6.45, 7) is 2.37. The van der Waals surface area contributed by atoms with E-state index in [1.54, 1.807) is 12.3 Å². The van der Waals surface area contributed by atoms with Gasteiger partial charge in [-0.3, -0.25) is 9.36 Å². The number of nitrogens with one attached hydrogen (secondary N) is 1. The first-order valence-corrected chi connectivity index (χ1v) is 11.3. The minimum Gasteiger partial charge on any atom is -0.467 e. The molecule has 32 heavy (non-hydrogen) atoms. The Kier molecular flexibility index (Phi) is 6.71. The van der Waals surface area contributed by atoms with Crippen molar-refractivity contribution in [2.75, 3.05) is 11.1 Å². The number of aryl methyl sites for hydroxylation is 1. The molecule has 0 unspecified atom stereocenters. The summed E-state index contributed by atoms with van der Waals surface area (Å²) in [5.74, 6) is -0.768. The lowest BCUT2D eigenvalue weighted by Gasteiger charge is -2.10. The summed E-state index contributed by atoms with van der Waals surface area (Å²) in [6.07, 6.45) is 1.58. The highest BCUT2D eigenvalue weighted by Gasteiger charge is 2.18. The van der Waals surface area contributed by atoms with Crippen LogP contribution >= 0.6 is 27.7 Å². The summed E-state index contributed by atoms with van der Waals surface area (Å²) in [4.78, 5) is 12.4. The van der Waals surface area contributed by atoms with Crippen LogP contribution in [0.5, 0.6) is 0 Å². The molecule has 4 rings (SSSR count). The molecule has 6 nitrogen and oxygen atoms in total. The molecular formula is C22H17BrF2N4O2S. The number of carbonyl (C=O) groups excluding carboxylic acids is 1. The molecule has 0 aliphatic heterocycles. The van der Waals surface area contributed by atoms with Gasteiger partial charge in [-0.05, 0) is 47.1 Å². The smallest absolute Gasteiger partial charge is 0.234 e. The number of hydrogen-bond acceptors (Lipinski definition) is 5. The largest absolute Gasteiger partial charge is 0.467 e. The first kappa shape index (κ1) is 22.2. The Balaban J connectivity index is 1.55. The van der Waals surface area contributed by atoms with Gasteiger partial charge in [-0.25, -0.2) is 8.78 Å². The van der Waals surface area contributed by atoms with E-state index >= 15 is 0 Å². The number of benzene rings is 2. The van der Waals surface area contributed by atoms with E-state index in [0.717, 1.165) is 29.0 Å². The Bertz CT molecular complexity index is 1240. The molecule has 2 aromatic heterocycles. The molecule has 0 aliphatic rings. The third-order valence-electron chi connectivity index (χ3n) is 4.49. The van der Waals surface area contributed by atoms with E-state index < -0.39 is 17.5 Å². The zero-order valence-corrected chi connectivity index (χ0v) is 19.2. The second-order valence-electron chi connectivity index (χ2n) is 6.92. The van der Waals surface area contributed by atoms with E-state index in [1.165, 1.54) is 0 Å². The van der Waals surface area contributed by atoms with Crippen molar-refractivity contribution in [1.82, 2.24) is 14.8 Å². The predicted molar refractivity (Wildman–Crippen MR) is 121 cm³/mol. The van der Waals surface area contributed by atoms with Gasteiger partial charge in [0.1, 0.15) is 11.6 Å². The lowest BCUT2D eigenvalue weighted by molar-refractivity contribution is -0.113. The third kappa shape index (κ3) is 5.08. The minimum atomic E-state index is -0.863. The Hall–Kier alpha value is -2.98. The van der Waals surface area contributed by atoms with E-state index in [0.29, 0.717) is 29.4 Å². The number of carbonyl (C=O) groups is 1. The number of furan rings is 1. The Morgan fingerprint density at radius 1 is 1.19 bits per heavy atom. The molecule has 4 aromatic rings. The number of rotatable bonds is 7. The maximum absolute atomic E-state index is 14.0. The average Bonchev–Trinajstić information content (AvgIpc) is 3.39. The molecule has 2 aromatic carbocycles. The van der Waals surface area contributed by atoms with Crippen molar-refractivity contribution in [3.05, 3.63) is 82.2 Å². The molecule has 0 fully saturated rings. The second kappa shape index (κ2) is 9.66. The van der Waals surface area contributed by atoms with Crippen molar-refractivity contribution >= 4 is 39.3 Å². The van der Waals surface area contributed by atoms with Crippen molar-refractivity contribution in [3.8, 4) is 11.4 Å². The molecule has 164 valence electrons. The molecule has 1 N–H and O–H groups in total. The minimum absolute atomic E-state index is 0.0483. The highest BCUT2D eigenvalue weighted by atomic mass is 79.9. The summed E-state index contributed by atoms with van der Waals surface area (Å²) in [7, 11) is 0. The van der Waals surface area contributed by atoms with Crippen molar-refractivity contribution in [1.29, 1.82) is 0 Å². The summed E-state index contributed by atoms with van der Waals surface area (Å²) >= 11 is 4.22. The average molecular weight is 519 g/mol. The second-order valence-corrected chi connectivity index (χ2v) is 8.72. The number of nitrogens with zero attached hydrogens (tertiary/aromatic N) is 3. The summed E-state index contributed by atoms with van der Waals surface area (Å²) in [6, 6.07) is 13.3. The number of aromatic nitrogens is 3. The fourth-order valence-corrected chi connectivity index (χ4v) is 4.31. The molecule has 0 spiro atoms. The van der Waals surface area contributed by atoms with Crippen LogP contribution in [0.2, 0.25) is 0 Å². The molecule has 1 amide bonds. The molecule has 0 saturated heterocycles. The Morgan fingerprint density at radius 3 is 2.75 bits per heavy atom. The fourth-order valence-electron chi connectivity index (χ4n) is 3.06. The van der Waals surface area contributed by atoms with Crippen LogP contribution in [-0.4, -0.2) is 26.4 Å². The lowest BCUT2D eigenvalue weighted by Crippen LogP contribution is -2.16. The lowest BCUT2D eigenvalue weighted by atomic mass is 10.1. The standard InChI is InChI=1S/C22H17BrF2N4O2S/c1-13-4-2-5-14(8-13)21-27-28-22(29(21)11-16-6-3-7-31-16)32-12-19(30)26-20-17(23)9-15(24)10-18(20)25/h2-10H,11-12H2,1H3,(H,26,30). The number of halogens is 3. The van der Waals surface area contributed by atoms with Crippen molar-refractivity contribution < 1.29 is 18.0 Å². The number of thioether (sulfide) groups is 1. The van der Waals surface area contributed by atoms with Crippen LogP contribution in [0.3, 0.4) is 0 Å². The number of anilines is 1. The summed E-state index contributed by atoms with van der Waals surface area (Å²) in [5, 5.41) is 11.5. The van der Waals surface area contributed by atoms with Crippen LogP contribution in [0.4, 0.5) is 14.5 Å². The van der Waals surface area contributed by atoms with Gasteiger partial charge in [0.15, 0.2) is 16.8 Å². The first-order chi connectivity index (χ1) is 15.4. The number of amides is 1. The van der Waals surface area contributed by atoms with Crippen LogP contribution in [0.1, 0.15) is 11.3 Å². The first-order valence-electron chi connectivity index (χ1n) is 9.50. The normalized spacial score (nSPS) is 11.0. The van der Waals surface area contributed by atoms with Crippen LogP contribution < -0.4 is 5.32 Å². The topological polar surface area (TPSA) is 73.0 Å². The van der Waals surface area contributed by atoms with Crippen molar-refractivity contribution in [2.24, 2.45) is 0 Å². The van der Waals surface area contributed by atoms with E-state index in [2.05, 4.69) is 31.4 Å². The van der Waals surface area contributed by atoms with E-state index in [9.17, 15) is 13.6 Å². The molecule has 0 atom stereocenters. The van der Waals surface area contributed by atoms with E-state index in [1.807, 2.05) is 41.8 Å². The maximum atomic E-state index is 14.0. The monoisotopic (exact) mass is 518 g/mol. The maximum Gasteiger partial charge on any atom is 0.234 e. The van der Waals surface area contributed by atoms with Crippen LogP contribution in [0, 0.1) is 18.6 Å². The molecule has 0 radical (unpaired) electrons. The van der Waals surface area contributed by atoms with E-state index in [-0.39, 0.29) is 15.9 Å². The van der Waals surface area contributed by atoms with Crippen molar-refractivity contribution in [2.45, 2.75) is 18.6 Å². The molecule has 0 aliphatic carbocycles. The van der Waals surface area contributed by atoms with Gasteiger partial charge in [-0.2, -0.15) is 0 Å². The highest BCUT2D eigenvalue weighted by molar-refractivity contribution is 9.10. The zero-order chi connectivity index (χ0) is 22.7. The van der Waals surface area contributed by atoms with Gasteiger partial charge >= 0.3 is 0 Å². The quantitative estimate of drug-likeness (QED) is 0.319.